The van der Waals surface area contributed by atoms with Crippen LogP contribution in [0, 0.1) is 28.7 Å². The Morgan fingerprint density at radius 2 is 1.60 bits per heavy atom. The third-order valence-electron chi connectivity index (χ3n) is 2.95. The Labute approximate surface area is 119 Å². The molecule has 0 radical (unpaired) electrons. The van der Waals surface area contributed by atoms with E-state index in [2.05, 4.69) is 4.74 Å². The molecule has 2 N–H and O–H groups in total. The maximum atomic E-state index is 13.6. The monoisotopic (exact) mass is 315 g/mol. The third kappa shape index (κ3) is 3.04. The molecule has 0 saturated carbocycles. The van der Waals surface area contributed by atoms with E-state index < -0.39 is 46.3 Å². The molecule has 0 fully saturated rings. The van der Waals surface area contributed by atoms with Gasteiger partial charge in [0.1, 0.15) is 0 Å². The minimum Gasteiger partial charge on any atom is -0.469 e. The summed E-state index contributed by atoms with van der Waals surface area (Å²) in [5.74, 6) is -7.26. The topological polar surface area (TPSA) is 52.3 Å². The zero-order valence-electron chi connectivity index (χ0n) is 11.0. The average molecular weight is 316 g/mol. The Morgan fingerprint density at radius 1 is 1.20 bits per heavy atom. The number of esters is 1. The molecule has 1 atom stereocenters. The third-order valence-corrected chi connectivity index (χ3v) is 2.95. The molecule has 1 rings (SSSR count). The number of rotatable bonds is 3. The van der Waals surface area contributed by atoms with E-state index in [1.54, 1.807) is 0 Å². The molecule has 0 aliphatic rings. The highest BCUT2D eigenvalue weighted by Gasteiger charge is 2.40. The van der Waals surface area contributed by atoms with E-state index in [1.807, 2.05) is 0 Å². The number of benzene rings is 1. The summed E-state index contributed by atoms with van der Waals surface area (Å²) in [6.07, 6.45) is 0. The molecule has 114 valence electrons. The van der Waals surface area contributed by atoms with Gasteiger partial charge >= 0.3 is 5.97 Å². The van der Waals surface area contributed by atoms with Crippen LogP contribution in [0.5, 0.6) is 0 Å². The Morgan fingerprint density at radius 3 is 1.95 bits per heavy atom. The number of methoxy groups -OCH3 is 1. The van der Waals surface area contributed by atoms with E-state index in [1.165, 1.54) is 13.8 Å². The standard InChI is InChI=1S/C12H13F4NO2.ClH/c1-12(2,11(18)19-3)10(17)7-8(15)5(13)4-6(14)9(7)16;/h4,10H,17H2,1-3H3;1H/t10-;/m0./s1. The van der Waals surface area contributed by atoms with E-state index in [-0.39, 0.29) is 18.5 Å². The largest absolute Gasteiger partial charge is 0.469 e. The minimum absolute atomic E-state index is 0. The minimum atomic E-state index is -1.62. The maximum Gasteiger partial charge on any atom is 0.313 e. The zero-order valence-corrected chi connectivity index (χ0v) is 11.8. The number of hydrogen-bond acceptors (Lipinski definition) is 3. The van der Waals surface area contributed by atoms with Crippen LogP contribution in [0.4, 0.5) is 17.6 Å². The lowest BCUT2D eigenvalue weighted by atomic mass is 9.80. The second-order valence-corrected chi connectivity index (χ2v) is 4.57. The van der Waals surface area contributed by atoms with Gasteiger partial charge in [0.25, 0.3) is 0 Å². The van der Waals surface area contributed by atoms with Gasteiger partial charge in [-0.25, -0.2) is 17.6 Å². The van der Waals surface area contributed by atoms with E-state index in [0.717, 1.165) is 7.11 Å². The number of halogens is 5. The lowest BCUT2D eigenvalue weighted by Crippen LogP contribution is -2.38. The zero-order chi connectivity index (χ0) is 15.0. The smallest absolute Gasteiger partial charge is 0.313 e. The molecule has 3 nitrogen and oxygen atoms in total. The van der Waals surface area contributed by atoms with Crippen LogP contribution in [0.1, 0.15) is 25.5 Å². The predicted molar refractivity (Wildman–Crippen MR) is 66.2 cm³/mol. The van der Waals surface area contributed by atoms with Crippen molar-refractivity contribution in [1.29, 1.82) is 0 Å². The Hall–Kier alpha value is -1.34. The molecule has 0 spiro atoms. The van der Waals surface area contributed by atoms with Crippen molar-refractivity contribution in [2.24, 2.45) is 11.1 Å². The van der Waals surface area contributed by atoms with Gasteiger partial charge in [-0.15, -0.1) is 12.4 Å². The van der Waals surface area contributed by atoms with Crippen molar-refractivity contribution in [3.63, 3.8) is 0 Å². The molecule has 1 aromatic carbocycles. The highest BCUT2D eigenvalue weighted by Crippen LogP contribution is 2.36. The molecule has 0 saturated heterocycles. The van der Waals surface area contributed by atoms with Crippen molar-refractivity contribution < 1.29 is 27.1 Å². The first-order valence-electron chi connectivity index (χ1n) is 5.31. The van der Waals surface area contributed by atoms with Crippen LogP contribution in [-0.4, -0.2) is 13.1 Å². The fraction of sp³-hybridized carbons (Fsp3) is 0.417. The van der Waals surface area contributed by atoms with E-state index in [4.69, 9.17) is 5.73 Å². The molecule has 0 aromatic heterocycles. The number of hydrogen-bond donors (Lipinski definition) is 1. The van der Waals surface area contributed by atoms with Crippen molar-refractivity contribution in [2.75, 3.05) is 7.11 Å². The normalized spacial score (nSPS) is 12.6. The second kappa shape index (κ2) is 6.41. The summed E-state index contributed by atoms with van der Waals surface area (Å²) in [6.45, 7) is 2.51. The SMILES string of the molecule is COC(=O)C(C)(C)[C@@H](N)c1c(F)c(F)cc(F)c1F.Cl. The van der Waals surface area contributed by atoms with Crippen molar-refractivity contribution in [3.8, 4) is 0 Å². The second-order valence-electron chi connectivity index (χ2n) is 4.57. The summed E-state index contributed by atoms with van der Waals surface area (Å²) < 4.78 is 57.8. The maximum absolute atomic E-state index is 13.6. The van der Waals surface area contributed by atoms with Crippen molar-refractivity contribution in [2.45, 2.75) is 19.9 Å². The molecule has 0 aliphatic heterocycles. The van der Waals surface area contributed by atoms with E-state index in [0.29, 0.717) is 0 Å². The van der Waals surface area contributed by atoms with Gasteiger partial charge in [-0.2, -0.15) is 0 Å². The summed E-state index contributed by atoms with van der Waals surface area (Å²) >= 11 is 0. The van der Waals surface area contributed by atoms with Crippen LogP contribution in [0.2, 0.25) is 0 Å². The van der Waals surface area contributed by atoms with Crippen LogP contribution in [-0.2, 0) is 9.53 Å². The van der Waals surface area contributed by atoms with Crippen molar-refractivity contribution in [3.05, 3.63) is 34.9 Å². The summed E-state index contributed by atoms with van der Waals surface area (Å²) in [5.41, 5.74) is 3.00. The van der Waals surface area contributed by atoms with Gasteiger partial charge in [-0.3, -0.25) is 4.79 Å². The average Bonchev–Trinajstić information content (AvgIpc) is 2.35. The lowest BCUT2D eigenvalue weighted by molar-refractivity contribution is -0.152. The molecular weight excluding hydrogens is 302 g/mol. The molecule has 0 heterocycles. The summed E-state index contributed by atoms with van der Waals surface area (Å²) in [6, 6.07) is -1.53. The number of nitrogens with two attached hydrogens (primary N) is 1. The number of carbonyl (C=O) groups excluding carboxylic acids is 1. The Balaban J connectivity index is 0.00000361. The van der Waals surface area contributed by atoms with Gasteiger partial charge in [0, 0.05) is 11.6 Å². The van der Waals surface area contributed by atoms with Crippen molar-refractivity contribution in [1.82, 2.24) is 0 Å². The van der Waals surface area contributed by atoms with Crippen molar-refractivity contribution >= 4 is 18.4 Å². The Kier molecular flexibility index (Phi) is 5.98. The van der Waals surface area contributed by atoms with Gasteiger partial charge < -0.3 is 10.5 Å². The first kappa shape index (κ1) is 18.7. The quantitative estimate of drug-likeness (QED) is 0.530. The van der Waals surface area contributed by atoms with Gasteiger partial charge in [0.2, 0.25) is 0 Å². The fourth-order valence-electron chi connectivity index (χ4n) is 1.62. The number of carbonyl (C=O) groups is 1. The highest BCUT2D eigenvalue weighted by atomic mass is 35.5. The van der Waals surface area contributed by atoms with Gasteiger partial charge in [-0.05, 0) is 13.8 Å². The summed E-state index contributed by atoms with van der Waals surface area (Å²) in [5, 5.41) is 0. The predicted octanol–water partition coefficient (Wildman–Crippen LogP) is 2.86. The Bertz CT molecular complexity index is 496. The molecule has 0 amide bonds. The van der Waals surface area contributed by atoms with Crippen LogP contribution in [0.3, 0.4) is 0 Å². The fourth-order valence-corrected chi connectivity index (χ4v) is 1.62. The van der Waals surface area contributed by atoms with Crippen LogP contribution in [0.15, 0.2) is 6.07 Å². The molecule has 1 aromatic rings. The first-order valence-corrected chi connectivity index (χ1v) is 5.31. The van der Waals surface area contributed by atoms with E-state index >= 15 is 0 Å². The molecule has 20 heavy (non-hydrogen) atoms. The molecule has 0 aliphatic carbocycles. The van der Waals surface area contributed by atoms with Gasteiger partial charge in [-0.1, -0.05) is 0 Å². The highest BCUT2D eigenvalue weighted by molar-refractivity contribution is 5.85. The summed E-state index contributed by atoms with van der Waals surface area (Å²) in [4.78, 5) is 11.5. The van der Waals surface area contributed by atoms with E-state index in [9.17, 15) is 22.4 Å². The molecular formula is C12H14ClF4NO2. The molecule has 0 bridgehead atoms. The van der Waals surface area contributed by atoms with Gasteiger partial charge in [0.15, 0.2) is 23.3 Å². The first-order chi connectivity index (χ1) is 8.64. The van der Waals surface area contributed by atoms with Gasteiger partial charge in [0.05, 0.1) is 18.6 Å². The molecule has 8 heteroatoms. The molecule has 0 unspecified atom stereocenters. The van der Waals surface area contributed by atoms with Crippen LogP contribution >= 0.6 is 12.4 Å². The van der Waals surface area contributed by atoms with Crippen LogP contribution < -0.4 is 5.73 Å². The summed E-state index contributed by atoms with van der Waals surface area (Å²) in [7, 11) is 1.07. The lowest BCUT2D eigenvalue weighted by Gasteiger charge is -2.29. The van der Waals surface area contributed by atoms with Crippen LogP contribution in [0.25, 0.3) is 0 Å². The number of ether oxygens (including phenoxy) is 1.